The number of H-pyrrole nitrogens is 2. The number of rotatable bonds is 1. The van der Waals surface area contributed by atoms with Crippen LogP contribution >= 0.6 is 0 Å². The average molecular weight is 357 g/mol. The smallest absolute Gasteiger partial charge is 0.252 e. The minimum atomic E-state index is -0.0740. The molecule has 1 aliphatic rings. The van der Waals surface area contributed by atoms with E-state index in [-0.39, 0.29) is 11.7 Å². The molecule has 0 saturated heterocycles. The molecule has 0 unspecified atom stereocenters. The SMILES string of the molecule is COc1ccc2[nH]c3c4[nH]c5ccc(O)cc5c4c4c(c3c2c1)C(=O)NC4. The van der Waals surface area contributed by atoms with Crippen molar-refractivity contribution >= 4 is 49.5 Å². The van der Waals surface area contributed by atoms with Crippen LogP contribution in [-0.2, 0) is 6.54 Å². The lowest BCUT2D eigenvalue weighted by Crippen LogP contribution is -2.12. The van der Waals surface area contributed by atoms with Gasteiger partial charge in [0.2, 0.25) is 0 Å². The lowest BCUT2D eigenvalue weighted by atomic mass is 9.97. The molecule has 6 rings (SSSR count). The first-order valence-electron chi connectivity index (χ1n) is 8.72. The Hall–Kier alpha value is -3.67. The topological polar surface area (TPSA) is 90.1 Å². The van der Waals surface area contributed by atoms with E-state index in [0.29, 0.717) is 12.1 Å². The van der Waals surface area contributed by atoms with Gasteiger partial charge in [0.15, 0.2) is 0 Å². The monoisotopic (exact) mass is 357 g/mol. The number of benzene rings is 3. The number of hydrogen-bond acceptors (Lipinski definition) is 3. The molecule has 1 aliphatic heterocycles. The summed E-state index contributed by atoms with van der Waals surface area (Å²) in [6, 6.07) is 11.1. The zero-order valence-electron chi connectivity index (χ0n) is 14.4. The molecule has 132 valence electrons. The second-order valence-electron chi connectivity index (χ2n) is 6.93. The van der Waals surface area contributed by atoms with E-state index < -0.39 is 0 Å². The highest BCUT2D eigenvalue weighted by Crippen LogP contribution is 2.42. The van der Waals surface area contributed by atoms with Gasteiger partial charge in [-0.3, -0.25) is 4.79 Å². The van der Waals surface area contributed by atoms with Gasteiger partial charge >= 0.3 is 0 Å². The molecule has 6 heteroatoms. The van der Waals surface area contributed by atoms with Crippen LogP contribution in [0.3, 0.4) is 0 Å². The van der Waals surface area contributed by atoms with Crippen LogP contribution in [0, 0.1) is 0 Å². The maximum Gasteiger partial charge on any atom is 0.252 e. The van der Waals surface area contributed by atoms with Gasteiger partial charge in [-0.15, -0.1) is 0 Å². The quantitative estimate of drug-likeness (QED) is 0.367. The number of carbonyl (C=O) groups is 1. The molecule has 0 atom stereocenters. The summed E-state index contributed by atoms with van der Waals surface area (Å²) in [6.45, 7) is 0.472. The van der Waals surface area contributed by atoms with Crippen molar-refractivity contribution in [3.05, 3.63) is 47.5 Å². The number of nitrogens with one attached hydrogen (secondary N) is 3. The molecule has 0 bridgehead atoms. The van der Waals surface area contributed by atoms with Crippen LogP contribution in [0.25, 0.3) is 43.6 Å². The van der Waals surface area contributed by atoms with E-state index in [2.05, 4.69) is 15.3 Å². The van der Waals surface area contributed by atoms with Crippen molar-refractivity contribution in [1.82, 2.24) is 15.3 Å². The number of carbonyl (C=O) groups excluding carboxylic acids is 1. The lowest BCUT2D eigenvalue weighted by Gasteiger charge is -2.04. The molecule has 0 saturated carbocycles. The number of amides is 1. The van der Waals surface area contributed by atoms with Crippen LogP contribution in [0.1, 0.15) is 15.9 Å². The number of methoxy groups -OCH3 is 1. The van der Waals surface area contributed by atoms with E-state index in [0.717, 1.165) is 54.9 Å². The Labute approximate surface area is 152 Å². The van der Waals surface area contributed by atoms with Gasteiger partial charge < -0.3 is 25.1 Å². The first-order valence-corrected chi connectivity index (χ1v) is 8.72. The van der Waals surface area contributed by atoms with E-state index in [1.54, 1.807) is 19.2 Å². The molecule has 4 N–H and O–H groups in total. The molecule has 0 radical (unpaired) electrons. The summed E-state index contributed by atoms with van der Waals surface area (Å²) in [5, 5.41) is 16.7. The van der Waals surface area contributed by atoms with Gasteiger partial charge in [0.05, 0.1) is 23.7 Å². The first kappa shape index (κ1) is 14.5. The summed E-state index contributed by atoms with van der Waals surface area (Å²) in [4.78, 5) is 19.7. The fraction of sp³-hybridized carbons (Fsp3) is 0.0952. The third-order valence-electron chi connectivity index (χ3n) is 5.54. The van der Waals surface area contributed by atoms with E-state index in [9.17, 15) is 9.90 Å². The van der Waals surface area contributed by atoms with Crippen LogP contribution in [0.15, 0.2) is 36.4 Å². The summed E-state index contributed by atoms with van der Waals surface area (Å²) in [6.07, 6.45) is 0. The number of fused-ring (bicyclic) bond motifs is 10. The lowest BCUT2D eigenvalue weighted by molar-refractivity contribution is 0.0967. The van der Waals surface area contributed by atoms with Crippen LogP contribution in [-0.4, -0.2) is 28.1 Å². The minimum absolute atomic E-state index is 0.0740. The second-order valence-corrected chi connectivity index (χ2v) is 6.93. The van der Waals surface area contributed by atoms with Crippen LogP contribution in [0.5, 0.6) is 11.5 Å². The van der Waals surface area contributed by atoms with Gasteiger partial charge in [0, 0.05) is 39.1 Å². The van der Waals surface area contributed by atoms with Crippen molar-refractivity contribution in [3.63, 3.8) is 0 Å². The predicted octanol–water partition coefficient (Wildman–Crippen LogP) is 3.91. The molecule has 0 fully saturated rings. The standard InChI is InChI=1S/C21H15N3O3/c1-27-10-3-5-15-12(7-10)17-18-13(8-22-21(18)26)16-11-6-9(25)2-4-14(11)23-19(16)20(17)24-15/h2-7,23-25H,8H2,1H3,(H,22,26). The third-order valence-corrected chi connectivity index (χ3v) is 5.54. The third kappa shape index (κ3) is 1.72. The Morgan fingerprint density at radius 2 is 1.67 bits per heavy atom. The summed E-state index contributed by atoms with van der Waals surface area (Å²) in [5.41, 5.74) is 5.36. The second kappa shape index (κ2) is 4.73. The molecule has 2 aromatic heterocycles. The number of aromatic nitrogens is 2. The number of ether oxygens (including phenoxy) is 1. The maximum atomic E-state index is 12.7. The summed E-state index contributed by atoms with van der Waals surface area (Å²) in [7, 11) is 1.63. The summed E-state index contributed by atoms with van der Waals surface area (Å²) in [5.74, 6) is 0.878. The van der Waals surface area contributed by atoms with Crippen molar-refractivity contribution in [2.24, 2.45) is 0 Å². The number of hydrogen-bond donors (Lipinski definition) is 4. The largest absolute Gasteiger partial charge is 0.508 e. The van der Waals surface area contributed by atoms with Crippen molar-refractivity contribution in [2.45, 2.75) is 6.54 Å². The Morgan fingerprint density at radius 3 is 2.44 bits per heavy atom. The number of phenolic OH excluding ortho intramolecular Hbond substituents is 1. The summed E-state index contributed by atoms with van der Waals surface area (Å²) < 4.78 is 5.39. The Bertz CT molecular complexity index is 1440. The Kier molecular flexibility index (Phi) is 2.54. The van der Waals surface area contributed by atoms with Gasteiger partial charge in [-0.05, 0) is 42.0 Å². The van der Waals surface area contributed by atoms with E-state index in [1.165, 1.54) is 0 Å². The molecule has 0 aliphatic carbocycles. The van der Waals surface area contributed by atoms with E-state index >= 15 is 0 Å². The number of phenols is 1. The fourth-order valence-electron chi connectivity index (χ4n) is 4.39. The predicted molar refractivity (Wildman–Crippen MR) is 105 cm³/mol. The van der Waals surface area contributed by atoms with Crippen LogP contribution < -0.4 is 10.1 Å². The number of aromatic hydroxyl groups is 1. The van der Waals surface area contributed by atoms with Crippen molar-refractivity contribution in [1.29, 1.82) is 0 Å². The zero-order chi connectivity index (χ0) is 18.3. The molecule has 1 amide bonds. The highest BCUT2D eigenvalue weighted by molar-refractivity contribution is 6.30. The molecule has 6 nitrogen and oxygen atoms in total. The van der Waals surface area contributed by atoms with Crippen molar-refractivity contribution < 1.29 is 14.6 Å². The highest BCUT2D eigenvalue weighted by Gasteiger charge is 2.29. The average Bonchev–Trinajstić information content (AvgIpc) is 3.34. The molecular weight excluding hydrogens is 342 g/mol. The van der Waals surface area contributed by atoms with Crippen molar-refractivity contribution in [3.8, 4) is 11.5 Å². The van der Waals surface area contributed by atoms with Crippen LogP contribution in [0.4, 0.5) is 0 Å². The normalized spacial score (nSPS) is 13.7. The van der Waals surface area contributed by atoms with Crippen molar-refractivity contribution in [2.75, 3.05) is 7.11 Å². The molecule has 27 heavy (non-hydrogen) atoms. The summed E-state index contributed by atoms with van der Waals surface area (Å²) >= 11 is 0. The first-order chi connectivity index (χ1) is 13.2. The molecule has 3 heterocycles. The van der Waals surface area contributed by atoms with Gasteiger partial charge in [0.1, 0.15) is 11.5 Å². The van der Waals surface area contributed by atoms with Gasteiger partial charge in [-0.1, -0.05) is 0 Å². The highest BCUT2D eigenvalue weighted by atomic mass is 16.5. The maximum absolute atomic E-state index is 12.7. The molecule has 0 spiro atoms. The Balaban J connectivity index is 1.93. The van der Waals surface area contributed by atoms with Gasteiger partial charge in [-0.25, -0.2) is 0 Å². The van der Waals surface area contributed by atoms with E-state index in [4.69, 9.17) is 4.74 Å². The molecule has 5 aromatic rings. The molecule has 3 aromatic carbocycles. The van der Waals surface area contributed by atoms with Gasteiger partial charge in [-0.2, -0.15) is 0 Å². The number of aromatic amines is 2. The van der Waals surface area contributed by atoms with Crippen LogP contribution in [0.2, 0.25) is 0 Å². The van der Waals surface area contributed by atoms with Gasteiger partial charge in [0.25, 0.3) is 5.91 Å². The molecular formula is C21H15N3O3. The Morgan fingerprint density at radius 1 is 0.963 bits per heavy atom. The van der Waals surface area contributed by atoms with E-state index in [1.807, 2.05) is 24.3 Å². The zero-order valence-corrected chi connectivity index (χ0v) is 14.4. The minimum Gasteiger partial charge on any atom is -0.508 e. The fourth-order valence-corrected chi connectivity index (χ4v) is 4.39.